The van der Waals surface area contributed by atoms with Gasteiger partial charge in [-0.2, -0.15) is 5.26 Å². The summed E-state index contributed by atoms with van der Waals surface area (Å²) in [5.74, 6) is 0. The van der Waals surface area contributed by atoms with Crippen molar-refractivity contribution >= 4 is 10.0 Å². The number of benzene rings is 2. The van der Waals surface area contributed by atoms with Crippen molar-refractivity contribution in [2.45, 2.75) is 25.5 Å². The van der Waals surface area contributed by atoms with Gasteiger partial charge in [-0.25, -0.2) is 13.1 Å². The predicted molar refractivity (Wildman–Crippen MR) is 92.2 cm³/mol. The van der Waals surface area contributed by atoms with E-state index in [2.05, 4.69) is 10.8 Å². The molecule has 0 fully saturated rings. The van der Waals surface area contributed by atoms with Crippen LogP contribution in [-0.4, -0.2) is 15.0 Å². The Labute approximate surface area is 137 Å². The van der Waals surface area contributed by atoms with Gasteiger partial charge in [0.1, 0.15) is 4.75 Å². The normalized spacial score (nSPS) is 11.9. The van der Waals surface area contributed by atoms with Gasteiger partial charge in [-0.15, -0.1) is 0 Å². The van der Waals surface area contributed by atoms with Gasteiger partial charge in [-0.3, -0.25) is 0 Å². The van der Waals surface area contributed by atoms with Gasteiger partial charge in [-0.05, 0) is 42.7 Å². The molecule has 0 bridgehead atoms. The third kappa shape index (κ3) is 3.44. The van der Waals surface area contributed by atoms with Gasteiger partial charge in [0.2, 0.25) is 10.0 Å². The molecule has 23 heavy (non-hydrogen) atoms. The van der Waals surface area contributed by atoms with Crippen molar-refractivity contribution < 1.29 is 8.42 Å². The Bertz CT molecular complexity index is 815. The maximum absolute atomic E-state index is 12.3. The fraction of sp³-hybridized carbons (Fsp3) is 0.278. The molecule has 2 rings (SSSR count). The fourth-order valence-electron chi connectivity index (χ4n) is 2.33. The van der Waals surface area contributed by atoms with Gasteiger partial charge >= 0.3 is 0 Å². The summed E-state index contributed by atoms with van der Waals surface area (Å²) < 4.78 is 26.2. The van der Waals surface area contributed by atoms with Crippen molar-refractivity contribution in [1.82, 2.24) is 4.72 Å². The zero-order valence-electron chi connectivity index (χ0n) is 13.5. The lowest BCUT2D eigenvalue weighted by Gasteiger charge is -2.25. The van der Waals surface area contributed by atoms with Crippen LogP contribution in [0.15, 0.2) is 48.5 Å². The molecular formula is C18H20N2O2S. The van der Waals surface area contributed by atoms with Gasteiger partial charge in [0.15, 0.2) is 0 Å². The molecule has 0 aliphatic heterocycles. The van der Waals surface area contributed by atoms with Crippen molar-refractivity contribution in [3.63, 3.8) is 0 Å². The second kappa shape index (κ2) is 6.53. The van der Waals surface area contributed by atoms with E-state index in [0.29, 0.717) is 12.1 Å². The van der Waals surface area contributed by atoms with E-state index in [1.54, 1.807) is 32.9 Å². The first-order valence-corrected chi connectivity index (χ1v) is 8.90. The molecule has 0 heterocycles. The van der Waals surface area contributed by atoms with Gasteiger partial charge in [0.05, 0.1) is 11.6 Å². The Morgan fingerprint density at radius 3 is 1.91 bits per heavy atom. The molecule has 0 saturated heterocycles. The Hall–Kier alpha value is -2.16. The first kappa shape index (κ1) is 17.2. The highest BCUT2D eigenvalue weighted by molar-refractivity contribution is 7.90. The van der Waals surface area contributed by atoms with Gasteiger partial charge in [0, 0.05) is 6.54 Å². The molecule has 0 aliphatic rings. The zero-order chi connectivity index (χ0) is 17.1. The second-order valence-electron chi connectivity index (χ2n) is 5.78. The quantitative estimate of drug-likeness (QED) is 0.914. The number of nitriles is 1. The lowest BCUT2D eigenvalue weighted by molar-refractivity contribution is 0.542. The number of sulfonamides is 1. The smallest absolute Gasteiger partial charge is 0.215 e. The lowest BCUT2D eigenvalue weighted by Crippen LogP contribution is -2.39. The average Bonchev–Trinajstić information content (AvgIpc) is 2.55. The first-order valence-electron chi connectivity index (χ1n) is 7.42. The summed E-state index contributed by atoms with van der Waals surface area (Å²) in [6.45, 7) is 5.53. The molecule has 0 radical (unpaired) electrons. The van der Waals surface area contributed by atoms with Crippen LogP contribution in [0.4, 0.5) is 0 Å². The number of nitrogens with zero attached hydrogens (tertiary/aromatic N) is 1. The van der Waals surface area contributed by atoms with Gasteiger partial charge in [0.25, 0.3) is 0 Å². The summed E-state index contributed by atoms with van der Waals surface area (Å²) >= 11 is 0. The van der Waals surface area contributed by atoms with Crippen LogP contribution in [0, 0.1) is 11.3 Å². The molecule has 0 saturated carbocycles. The lowest BCUT2D eigenvalue weighted by atomic mass is 9.98. The maximum atomic E-state index is 12.3. The maximum Gasteiger partial charge on any atom is 0.220 e. The third-order valence-corrected chi connectivity index (χ3v) is 6.18. The topological polar surface area (TPSA) is 70.0 Å². The SMILES string of the molecule is CCNS(=O)(=O)C(C)(C)c1ccc(-c2ccc(C#N)cc2)cc1. The summed E-state index contributed by atoms with van der Waals surface area (Å²) in [5.41, 5.74) is 3.32. The van der Waals surface area contributed by atoms with Gasteiger partial charge in [-0.1, -0.05) is 43.3 Å². The summed E-state index contributed by atoms with van der Waals surface area (Å²) in [7, 11) is -3.44. The molecule has 4 nitrogen and oxygen atoms in total. The standard InChI is InChI=1S/C18H20N2O2S/c1-4-20-23(21,22)18(2,3)17-11-9-16(10-12-17)15-7-5-14(13-19)6-8-15/h5-12,20H,4H2,1-3H3. The van der Waals surface area contributed by atoms with E-state index < -0.39 is 14.8 Å². The van der Waals surface area contributed by atoms with E-state index >= 15 is 0 Å². The van der Waals surface area contributed by atoms with Crippen LogP contribution in [0.5, 0.6) is 0 Å². The molecule has 0 aromatic heterocycles. The van der Waals surface area contributed by atoms with Crippen LogP contribution >= 0.6 is 0 Å². The van der Waals surface area contributed by atoms with Gasteiger partial charge < -0.3 is 0 Å². The number of hydrogen-bond donors (Lipinski definition) is 1. The van der Waals surface area contributed by atoms with Crippen LogP contribution in [0.3, 0.4) is 0 Å². The summed E-state index contributed by atoms with van der Waals surface area (Å²) in [6, 6.07) is 16.9. The Morgan fingerprint density at radius 2 is 1.48 bits per heavy atom. The minimum absolute atomic E-state index is 0.370. The highest BCUT2D eigenvalue weighted by Crippen LogP contribution is 2.30. The molecule has 0 atom stereocenters. The monoisotopic (exact) mass is 328 g/mol. The van der Waals surface area contributed by atoms with Crippen molar-refractivity contribution in [1.29, 1.82) is 5.26 Å². The zero-order valence-corrected chi connectivity index (χ0v) is 14.3. The number of nitrogens with one attached hydrogen (secondary N) is 1. The van der Waals surface area contributed by atoms with Crippen LogP contribution < -0.4 is 4.72 Å². The molecule has 2 aromatic carbocycles. The molecule has 0 unspecified atom stereocenters. The summed E-state index contributed by atoms with van der Waals surface area (Å²) in [6.07, 6.45) is 0. The molecule has 2 aromatic rings. The highest BCUT2D eigenvalue weighted by Gasteiger charge is 2.35. The number of rotatable bonds is 5. The van der Waals surface area contributed by atoms with Crippen molar-refractivity contribution in [3.05, 3.63) is 59.7 Å². The molecule has 0 spiro atoms. The van der Waals surface area contributed by atoms with Crippen LogP contribution in [-0.2, 0) is 14.8 Å². The largest absolute Gasteiger partial charge is 0.220 e. The molecule has 120 valence electrons. The van der Waals surface area contributed by atoms with E-state index in [-0.39, 0.29) is 0 Å². The molecule has 1 N–H and O–H groups in total. The van der Waals surface area contributed by atoms with E-state index in [1.807, 2.05) is 36.4 Å². The van der Waals surface area contributed by atoms with Crippen LogP contribution in [0.1, 0.15) is 31.9 Å². The van der Waals surface area contributed by atoms with Crippen LogP contribution in [0.25, 0.3) is 11.1 Å². The minimum Gasteiger partial charge on any atom is -0.215 e. The van der Waals surface area contributed by atoms with Crippen LogP contribution in [0.2, 0.25) is 0 Å². The van der Waals surface area contributed by atoms with E-state index in [1.165, 1.54) is 0 Å². The molecule has 0 amide bonds. The Kier molecular flexibility index (Phi) is 4.88. The number of hydrogen-bond acceptors (Lipinski definition) is 3. The predicted octanol–water partition coefficient (Wildman–Crippen LogP) is 3.40. The second-order valence-corrected chi connectivity index (χ2v) is 8.09. The minimum atomic E-state index is -3.44. The molecule has 0 aliphatic carbocycles. The van der Waals surface area contributed by atoms with Crippen molar-refractivity contribution in [2.75, 3.05) is 6.54 Å². The fourth-order valence-corrected chi connectivity index (χ4v) is 3.51. The highest BCUT2D eigenvalue weighted by atomic mass is 32.2. The van der Waals surface area contributed by atoms with E-state index in [4.69, 9.17) is 5.26 Å². The van der Waals surface area contributed by atoms with Crippen molar-refractivity contribution in [2.24, 2.45) is 0 Å². The summed E-state index contributed by atoms with van der Waals surface area (Å²) in [5, 5.41) is 8.83. The van der Waals surface area contributed by atoms with E-state index in [9.17, 15) is 8.42 Å². The molecular weight excluding hydrogens is 308 g/mol. The average molecular weight is 328 g/mol. The third-order valence-electron chi connectivity index (χ3n) is 3.93. The molecule has 5 heteroatoms. The Morgan fingerprint density at radius 1 is 1.00 bits per heavy atom. The first-order chi connectivity index (χ1) is 10.8. The Balaban J connectivity index is 2.33. The van der Waals surface area contributed by atoms with Crippen molar-refractivity contribution in [3.8, 4) is 17.2 Å². The van der Waals surface area contributed by atoms with E-state index in [0.717, 1.165) is 16.7 Å². The summed E-state index contributed by atoms with van der Waals surface area (Å²) in [4.78, 5) is 0.